The van der Waals surface area contributed by atoms with Gasteiger partial charge in [-0.15, -0.1) is 11.3 Å². The van der Waals surface area contributed by atoms with Crippen molar-refractivity contribution >= 4 is 23.2 Å². The van der Waals surface area contributed by atoms with Crippen molar-refractivity contribution in [2.75, 3.05) is 46.4 Å². The van der Waals surface area contributed by atoms with Gasteiger partial charge in [-0.05, 0) is 53.3 Å². The smallest absolute Gasteiger partial charge is 0.257 e. The molecule has 188 valence electrons. The van der Waals surface area contributed by atoms with Crippen LogP contribution in [0.2, 0.25) is 0 Å². The highest BCUT2D eigenvalue weighted by molar-refractivity contribution is 7.10. The summed E-state index contributed by atoms with van der Waals surface area (Å²) in [7, 11) is 1.56. The minimum absolute atomic E-state index is 0.0428. The number of halogens is 1. The maximum atomic E-state index is 14.0. The van der Waals surface area contributed by atoms with Gasteiger partial charge in [0.25, 0.3) is 5.91 Å². The first-order valence-electron chi connectivity index (χ1n) is 12.3. The van der Waals surface area contributed by atoms with Crippen LogP contribution in [-0.2, 0) is 11.2 Å². The number of amides is 2. The quantitative estimate of drug-likeness (QED) is 0.502. The first kappa shape index (κ1) is 24.5. The van der Waals surface area contributed by atoms with Crippen molar-refractivity contribution in [2.24, 2.45) is 0 Å². The highest BCUT2D eigenvalue weighted by atomic mass is 32.1. The van der Waals surface area contributed by atoms with Crippen LogP contribution in [0.25, 0.3) is 0 Å². The lowest BCUT2D eigenvalue weighted by molar-refractivity contribution is -0.133. The van der Waals surface area contributed by atoms with E-state index in [1.54, 1.807) is 47.6 Å². The van der Waals surface area contributed by atoms with Gasteiger partial charge in [-0.2, -0.15) is 0 Å². The van der Waals surface area contributed by atoms with E-state index in [0.29, 0.717) is 50.5 Å². The van der Waals surface area contributed by atoms with Crippen molar-refractivity contribution < 1.29 is 18.7 Å². The van der Waals surface area contributed by atoms with Crippen molar-refractivity contribution in [3.63, 3.8) is 0 Å². The fraction of sp³-hybridized carbons (Fsp3) is 0.357. The molecule has 6 nitrogen and oxygen atoms in total. The number of rotatable bonds is 6. The zero-order chi connectivity index (χ0) is 25.1. The number of thiophene rings is 1. The van der Waals surface area contributed by atoms with E-state index >= 15 is 0 Å². The third-order valence-electron chi connectivity index (χ3n) is 7.10. The summed E-state index contributed by atoms with van der Waals surface area (Å²) >= 11 is 1.74. The number of ether oxygens (including phenoxy) is 1. The second-order valence-corrected chi connectivity index (χ2v) is 10.2. The zero-order valence-corrected chi connectivity index (χ0v) is 21.2. The van der Waals surface area contributed by atoms with Gasteiger partial charge in [-0.25, -0.2) is 4.39 Å². The van der Waals surface area contributed by atoms with Crippen molar-refractivity contribution in [1.82, 2.24) is 14.7 Å². The number of nitrogens with zero attached hydrogens (tertiary/aromatic N) is 3. The molecule has 3 aromatic rings. The van der Waals surface area contributed by atoms with E-state index in [1.165, 1.54) is 16.5 Å². The van der Waals surface area contributed by atoms with Gasteiger partial charge in [0.05, 0.1) is 18.7 Å². The average Bonchev–Trinajstić information content (AvgIpc) is 3.40. The fourth-order valence-electron chi connectivity index (χ4n) is 5.22. The predicted octanol–water partition coefficient (Wildman–Crippen LogP) is 4.22. The molecule has 36 heavy (non-hydrogen) atoms. The van der Waals surface area contributed by atoms with Gasteiger partial charge < -0.3 is 14.5 Å². The molecule has 0 radical (unpaired) electrons. The summed E-state index contributed by atoms with van der Waals surface area (Å²) in [6.45, 7) is 3.47. The van der Waals surface area contributed by atoms with Gasteiger partial charge in [0.1, 0.15) is 11.6 Å². The zero-order valence-electron chi connectivity index (χ0n) is 20.4. The minimum Gasteiger partial charge on any atom is -0.496 e. The van der Waals surface area contributed by atoms with E-state index in [9.17, 15) is 14.0 Å². The lowest BCUT2D eigenvalue weighted by Gasteiger charge is -2.38. The number of para-hydroxylation sites is 1. The van der Waals surface area contributed by atoms with Gasteiger partial charge in [-0.1, -0.05) is 24.3 Å². The van der Waals surface area contributed by atoms with Gasteiger partial charge >= 0.3 is 0 Å². The maximum Gasteiger partial charge on any atom is 0.257 e. The summed E-state index contributed by atoms with van der Waals surface area (Å²) in [6.07, 6.45) is 1.34. The molecule has 1 saturated heterocycles. The Bertz CT molecular complexity index is 1240. The molecule has 0 saturated carbocycles. The molecular formula is C28H30FN3O3S. The Hall–Kier alpha value is -3.23. The normalized spacial score (nSPS) is 18.1. The van der Waals surface area contributed by atoms with Crippen LogP contribution in [0.3, 0.4) is 0 Å². The highest BCUT2D eigenvalue weighted by Crippen LogP contribution is 2.38. The predicted molar refractivity (Wildman–Crippen MR) is 138 cm³/mol. The molecule has 0 bridgehead atoms. The highest BCUT2D eigenvalue weighted by Gasteiger charge is 2.31. The van der Waals surface area contributed by atoms with Crippen molar-refractivity contribution in [2.45, 2.75) is 18.9 Å². The summed E-state index contributed by atoms with van der Waals surface area (Å²) < 4.78 is 19.4. The fourth-order valence-corrected chi connectivity index (χ4v) is 6.13. The second-order valence-electron chi connectivity index (χ2n) is 9.17. The molecule has 2 aromatic carbocycles. The SMILES string of the molecule is COc1ccccc1C(=O)N1CCN(C(=O)CCN2CCc3sccc3C2c2cccc(F)c2)CC1. The first-order valence-corrected chi connectivity index (χ1v) is 13.2. The molecule has 1 aromatic heterocycles. The molecule has 1 unspecified atom stereocenters. The summed E-state index contributed by atoms with van der Waals surface area (Å²) in [4.78, 5) is 33.3. The van der Waals surface area contributed by atoms with Crippen LogP contribution in [0.5, 0.6) is 5.75 Å². The Kier molecular flexibility index (Phi) is 7.34. The Morgan fingerprint density at radius 3 is 2.56 bits per heavy atom. The molecule has 0 N–H and O–H groups in total. The second kappa shape index (κ2) is 10.8. The van der Waals surface area contributed by atoms with Crippen LogP contribution in [0.4, 0.5) is 4.39 Å². The van der Waals surface area contributed by atoms with Gasteiger partial charge in [0, 0.05) is 50.6 Å². The molecular weight excluding hydrogens is 477 g/mol. The molecule has 2 aliphatic heterocycles. The van der Waals surface area contributed by atoms with Crippen LogP contribution in [0.15, 0.2) is 60.0 Å². The van der Waals surface area contributed by atoms with E-state index in [0.717, 1.165) is 18.5 Å². The van der Waals surface area contributed by atoms with Crippen LogP contribution >= 0.6 is 11.3 Å². The Morgan fingerprint density at radius 1 is 1.00 bits per heavy atom. The van der Waals surface area contributed by atoms with Crippen LogP contribution in [-0.4, -0.2) is 72.9 Å². The molecule has 1 atom stereocenters. The first-order chi connectivity index (χ1) is 17.5. The number of methoxy groups -OCH3 is 1. The van der Waals surface area contributed by atoms with Crippen LogP contribution in [0.1, 0.15) is 38.8 Å². The summed E-state index contributed by atoms with van der Waals surface area (Å²) in [5, 5.41) is 2.09. The van der Waals surface area contributed by atoms with Gasteiger partial charge in [0.2, 0.25) is 5.91 Å². The standard InChI is InChI=1S/C28H30FN3O3S/c1-35-24-8-3-2-7-22(24)28(34)32-16-14-30(15-17-32)26(33)10-13-31-12-9-25-23(11-18-36-25)27(31)20-5-4-6-21(29)19-20/h2-8,11,18-19,27H,9-10,12-17H2,1H3. The number of hydrogen-bond donors (Lipinski definition) is 0. The Morgan fingerprint density at radius 2 is 1.78 bits per heavy atom. The summed E-state index contributed by atoms with van der Waals surface area (Å²) in [5.41, 5.74) is 2.68. The number of fused-ring (bicyclic) bond motifs is 1. The van der Waals surface area contributed by atoms with E-state index in [2.05, 4.69) is 16.3 Å². The monoisotopic (exact) mass is 507 g/mol. The van der Waals surface area contributed by atoms with E-state index < -0.39 is 0 Å². The molecule has 2 amide bonds. The number of piperazine rings is 1. The Labute approximate surface area is 214 Å². The number of carbonyl (C=O) groups excluding carboxylic acids is 2. The van der Waals surface area contributed by atoms with Crippen LogP contribution < -0.4 is 4.74 Å². The molecule has 1 fully saturated rings. The molecule has 8 heteroatoms. The average molecular weight is 508 g/mol. The number of hydrogen-bond acceptors (Lipinski definition) is 5. The molecule has 0 spiro atoms. The van der Waals surface area contributed by atoms with Gasteiger partial charge in [0.15, 0.2) is 0 Å². The summed E-state index contributed by atoms with van der Waals surface area (Å²) in [5.74, 6) is 0.335. The van der Waals surface area contributed by atoms with Crippen molar-refractivity contribution in [3.8, 4) is 5.75 Å². The Balaban J connectivity index is 1.20. The lowest BCUT2D eigenvalue weighted by Crippen LogP contribution is -2.51. The van der Waals surface area contributed by atoms with Crippen molar-refractivity contribution in [1.29, 1.82) is 0 Å². The number of benzene rings is 2. The lowest BCUT2D eigenvalue weighted by atomic mass is 9.93. The number of carbonyl (C=O) groups is 2. The van der Waals surface area contributed by atoms with Crippen LogP contribution in [0, 0.1) is 5.82 Å². The van der Waals surface area contributed by atoms with E-state index in [-0.39, 0.29) is 23.7 Å². The molecule has 0 aliphatic carbocycles. The third-order valence-corrected chi connectivity index (χ3v) is 8.10. The topological polar surface area (TPSA) is 53.1 Å². The largest absolute Gasteiger partial charge is 0.496 e. The molecule has 5 rings (SSSR count). The third kappa shape index (κ3) is 5.01. The molecule has 3 heterocycles. The van der Waals surface area contributed by atoms with E-state index in [4.69, 9.17) is 4.74 Å². The summed E-state index contributed by atoms with van der Waals surface area (Å²) in [6, 6.07) is 16.1. The maximum absolute atomic E-state index is 14.0. The van der Waals surface area contributed by atoms with Gasteiger partial charge in [-0.3, -0.25) is 14.5 Å². The molecule has 2 aliphatic rings. The van der Waals surface area contributed by atoms with E-state index in [1.807, 2.05) is 23.1 Å². The minimum atomic E-state index is -0.244. The van der Waals surface area contributed by atoms with Crippen molar-refractivity contribution in [3.05, 3.63) is 87.4 Å².